The number of benzene rings is 1. The molecule has 0 aliphatic heterocycles. The molecule has 0 saturated carbocycles. The highest BCUT2D eigenvalue weighted by molar-refractivity contribution is 6.05. The summed E-state index contributed by atoms with van der Waals surface area (Å²) in [5.41, 5.74) is 2.17. The molecule has 21 heavy (non-hydrogen) atoms. The van der Waals surface area contributed by atoms with Gasteiger partial charge in [-0.05, 0) is 42.7 Å². The maximum Gasteiger partial charge on any atom is 0.261 e. The number of amides is 1. The van der Waals surface area contributed by atoms with Crippen molar-refractivity contribution in [2.75, 3.05) is 19.0 Å². The van der Waals surface area contributed by atoms with Crippen molar-refractivity contribution in [3.05, 3.63) is 53.7 Å². The summed E-state index contributed by atoms with van der Waals surface area (Å²) >= 11 is 0. The lowest BCUT2D eigenvalue weighted by Gasteiger charge is -2.09. The third kappa shape index (κ3) is 4.03. The second kappa shape index (κ2) is 7.40. The van der Waals surface area contributed by atoms with Crippen LogP contribution in [0.2, 0.25) is 0 Å². The maximum atomic E-state index is 12.2. The van der Waals surface area contributed by atoms with Crippen molar-refractivity contribution in [1.29, 1.82) is 0 Å². The first-order chi connectivity index (χ1) is 10.2. The van der Waals surface area contributed by atoms with Gasteiger partial charge in [0.1, 0.15) is 5.56 Å². The SMILES string of the molecule is COc1ncccc1C(=O)Nc1cccc(CCCO)c1. The highest BCUT2D eigenvalue weighted by atomic mass is 16.5. The number of aliphatic hydroxyl groups excluding tert-OH is 1. The molecular formula is C16H18N2O3. The number of pyridine rings is 1. The zero-order chi connectivity index (χ0) is 15.1. The smallest absolute Gasteiger partial charge is 0.261 e. The number of carbonyl (C=O) groups is 1. The van der Waals surface area contributed by atoms with Gasteiger partial charge in [-0.1, -0.05) is 12.1 Å². The third-order valence-electron chi connectivity index (χ3n) is 3.02. The van der Waals surface area contributed by atoms with Gasteiger partial charge in [0.15, 0.2) is 0 Å². The molecule has 0 bridgehead atoms. The van der Waals surface area contributed by atoms with E-state index in [0.29, 0.717) is 23.6 Å². The lowest BCUT2D eigenvalue weighted by atomic mass is 10.1. The first kappa shape index (κ1) is 15.0. The van der Waals surface area contributed by atoms with E-state index in [1.54, 1.807) is 18.3 Å². The van der Waals surface area contributed by atoms with Crippen LogP contribution >= 0.6 is 0 Å². The fraction of sp³-hybridized carbons (Fsp3) is 0.250. The van der Waals surface area contributed by atoms with Crippen LogP contribution in [0.15, 0.2) is 42.6 Å². The summed E-state index contributed by atoms with van der Waals surface area (Å²) in [6, 6.07) is 10.9. The predicted octanol–water partition coefficient (Wildman–Crippen LogP) is 2.27. The molecule has 0 aliphatic carbocycles. The van der Waals surface area contributed by atoms with Crippen molar-refractivity contribution < 1.29 is 14.6 Å². The number of aliphatic hydroxyl groups is 1. The van der Waals surface area contributed by atoms with Gasteiger partial charge in [0.25, 0.3) is 5.91 Å². The number of carbonyl (C=O) groups excluding carboxylic acids is 1. The number of methoxy groups -OCH3 is 1. The zero-order valence-electron chi connectivity index (χ0n) is 11.9. The molecule has 110 valence electrons. The van der Waals surface area contributed by atoms with Crippen molar-refractivity contribution in [3.8, 4) is 5.88 Å². The molecular weight excluding hydrogens is 268 g/mol. The molecule has 1 aromatic carbocycles. The fourth-order valence-electron chi connectivity index (χ4n) is 2.01. The fourth-order valence-corrected chi connectivity index (χ4v) is 2.01. The standard InChI is InChI=1S/C16H18N2O3/c1-21-16-14(8-3-9-17-16)15(20)18-13-7-2-5-12(11-13)6-4-10-19/h2-3,5,7-9,11,19H,4,6,10H2,1H3,(H,18,20). The number of nitrogens with zero attached hydrogens (tertiary/aromatic N) is 1. The summed E-state index contributed by atoms with van der Waals surface area (Å²) in [5.74, 6) is 0.0330. The molecule has 2 aromatic rings. The van der Waals surface area contributed by atoms with Crippen molar-refractivity contribution in [1.82, 2.24) is 4.98 Å². The van der Waals surface area contributed by atoms with Gasteiger partial charge < -0.3 is 15.2 Å². The van der Waals surface area contributed by atoms with E-state index >= 15 is 0 Å². The second-order valence-electron chi connectivity index (χ2n) is 4.54. The largest absolute Gasteiger partial charge is 0.480 e. The molecule has 1 aromatic heterocycles. The Morgan fingerprint density at radius 3 is 2.95 bits per heavy atom. The molecule has 0 spiro atoms. The molecule has 1 heterocycles. The van der Waals surface area contributed by atoms with Gasteiger partial charge in [-0.25, -0.2) is 4.98 Å². The van der Waals surface area contributed by atoms with Crippen LogP contribution in [0.3, 0.4) is 0 Å². The van der Waals surface area contributed by atoms with E-state index in [9.17, 15) is 4.79 Å². The van der Waals surface area contributed by atoms with Crippen molar-refractivity contribution in [3.63, 3.8) is 0 Å². The van der Waals surface area contributed by atoms with Crippen LogP contribution in [-0.2, 0) is 6.42 Å². The van der Waals surface area contributed by atoms with E-state index in [1.807, 2.05) is 24.3 Å². The van der Waals surface area contributed by atoms with Crippen LogP contribution in [0.1, 0.15) is 22.3 Å². The summed E-state index contributed by atoms with van der Waals surface area (Å²) in [7, 11) is 1.48. The normalized spacial score (nSPS) is 10.2. The van der Waals surface area contributed by atoms with Crippen LogP contribution < -0.4 is 10.1 Å². The lowest BCUT2D eigenvalue weighted by Crippen LogP contribution is -2.13. The Hall–Kier alpha value is -2.40. The van der Waals surface area contributed by atoms with Gasteiger partial charge in [-0.3, -0.25) is 4.79 Å². The maximum absolute atomic E-state index is 12.2. The summed E-state index contributed by atoms with van der Waals surface area (Å²) in [6.45, 7) is 0.156. The van der Waals surface area contributed by atoms with Crippen molar-refractivity contribution in [2.45, 2.75) is 12.8 Å². The minimum Gasteiger partial charge on any atom is -0.480 e. The predicted molar refractivity (Wildman–Crippen MR) is 80.6 cm³/mol. The van der Waals surface area contributed by atoms with Crippen LogP contribution in [0.5, 0.6) is 5.88 Å². The Labute approximate surface area is 123 Å². The minimum atomic E-state index is -0.265. The number of rotatable bonds is 6. The molecule has 0 unspecified atom stereocenters. The number of aromatic nitrogens is 1. The Kier molecular flexibility index (Phi) is 5.29. The van der Waals surface area contributed by atoms with Gasteiger partial charge in [0.2, 0.25) is 5.88 Å². The van der Waals surface area contributed by atoms with Crippen LogP contribution in [0.25, 0.3) is 0 Å². The summed E-state index contributed by atoms with van der Waals surface area (Å²) in [4.78, 5) is 16.3. The van der Waals surface area contributed by atoms with E-state index in [1.165, 1.54) is 7.11 Å². The zero-order valence-corrected chi connectivity index (χ0v) is 11.9. The van der Waals surface area contributed by atoms with E-state index in [2.05, 4.69) is 10.3 Å². The van der Waals surface area contributed by atoms with Gasteiger partial charge in [-0.15, -0.1) is 0 Å². The summed E-state index contributed by atoms with van der Waals surface area (Å²) in [5, 5.41) is 11.7. The number of ether oxygens (including phenoxy) is 1. The Balaban J connectivity index is 2.12. The highest BCUT2D eigenvalue weighted by Crippen LogP contribution is 2.17. The van der Waals surface area contributed by atoms with Crippen molar-refractivity contribution >= 4 is 11.6 Å². The molecule has 5 nitrogen and oxygen atoms in total. The first-order valence-corrected chi connectivity index (χ1v) is 6.74. The first-order valence-electron chi connectivity index (χ1n) is 6.74. The molecule has 0 fully saturated rings. The summed E-state index contributed by atoms with van der Waals surface area (Å²) in [6.07, 6.45) is 3.05. The monoisotopic (exact) mass is 286 g/mol. The number of aryl methyl sites for hydroxylation is 1. The van der Waals surface area contributed by atoms with Gasteiger partial charge in [-0.2, -0.15) is 0 Å². The summed E-state index contributed by atoms with van der Waals surface area (Å²) < 4.78 is 5.08. The minimum absolute atomic E-state index is 0.156. The van der Waals surface area contributed by atoms with E-state index in [0.717, 1.165) is 12.0 Å². The van der Waals surface area contributed by atoms with Gasteiger partial charge in [0.05, 0.1) is 7.11 Å². The number of nitrogens with one attached hydrogen (secondary N) is 1. The number of hydrogen-bond acceptors (Lipinski definition) is 4. The van der Waals surface area contributed by atoms with Crippen molar-refractivity contribution in [2.24, 2.45) is 0 Å². The van der Waals surface area contributed by atoms with Crippen LogP contribution in [0.4, 0.5) is 5.69 Å². The molecule has 5 heteroatoms. The van der Waals surface area contributed by atoms with E-state index in [4.69, 9.17) is 9.84 Å². The molecule has 0 radical (unpaired) electrons. The Bertz CT molecular complexity index is 614. The van der Waals surface area contributed by atoms with E-state index < -0.39 is 0 Å². The lowest BCUT2D eigenvalue weighted by molar-refractivity contribution is 0.102. The molecule has 0 atom stereocenters. The average Bonchev–Trinajstić information content (AvgIpc) is 2.53. The quantitative estimate of drug-likeness (QED) is 0.854. The van der Waals surface area contributed by atoms with Crippen LogP contribution in [0, 0.1) is 0 Å². The Morgan fingerprint density at radius 1 is 1.33 bits per heavy atom. The number of hydrogen-bond donors (Lipinski definition) is 2. The average molecular weight is 286 g/mol. The third-order valence-corrected chi connectivity index (χ3v) is 3.02. The van der Waals surface area contributed by atoms with Crippen LogP contribution in [-0.4, -0.2) is 29.7 Å². The second-order valence-corrected chi connectivity index (χ2v) is 4.54. The topological polar surface area (TPSA) is 71.5 Å². The van der Waals surface area contributed by atoms with Gasteiger partial charge in [0, 0.05) is 18.5 Å². The Morgan fingerprint density at radius 2 is 2.19 bits per heavy atom. The molecule has 2 rings (SSSR count). The molecule has 0 saturated heterocycles. The van der Waals surface area contributed by atoms with E-state index in [-0.39, 0.29) is 12.5 Å². The molecule has 2 N–H and O–H groups in total. The molecule has 0 aliphatic rings. The molecule has 1 amide bonds. The van der Waals surface area contributed by atoms with Gasteiger partial charge >= 0.3 is 0 Å². The number of anilines is 1. The highest BCUT2D eigenvalue weighted by Gasteiger charge is 2.12.